The summed E-state index contributed by atoms with van der Waals surface area (Å²) in [6, 6.07) is 0.542. The molecule has 1 aliphatic heterocycles. The Hall–Kier alpha value is -1.20. The summed E-state index contributed by atoms with van der Waals surface area (Å²) in [4.78, 5) is 13.9. The van der Waals surface area contributed by atoms with Crippen LogP contribution in [0.4, 0.5) is 5.82 Å². The predicted octanol–water partition coefficient (Wildman–Crippen LogP) is 1.78. The van der Waals surface area contributed by atoms with Gasteiger partial charge in [0.2, 0.25) is 0 Å². The smallest absolute Gasteiger partial charge is 0.147 e. The van der Waals surface area contributed by atoms with Crippen LogP contribution in [-0.2, 0) is 0 Å². The maximum Gasteiger partial charge on any atom is 0.147 e. The molecule has 0 saturated carbocycles. The third-order valence-electron chi connectivity index (χ3n) is 4.33. The van der Waals surface area contributed by atoms with Gasteiger partial charge in [-0.05, 0) is 26.8 Å². The number of rotatable bonds is 5. The summed E-state index contributed by atoms with van der Waals surface area (Å²) in [6.45, 7) is 14.2. The summed E-state index contributed by atoms with van der Waals surface area (Å²) in [5, 5.41) is 3.51. The van der Waals surface area contributed by atoms with Crippen LogP contribution >= 0.6 is 0 Å². The third-order valence-corrected chi connectivity index (χ3v) is 4.33. The minimum absolute atomic E-state index is 0.542. The minimum atomic E-state index is 0.542. The molecule has 0 radical (unpaired) electrons. The zero-order valence-corrected chi connectivity index (χ0v) is 14.1. The molecule has 1 N–H and O–H groups in total. The molecule has 0 bridgehead atoms. The minimum Gasteiger partial charge on any atom is -0.367 e. The number of nitrogens with one attached hydrogen (secondary N) is 1. The summed E-state index contributed by atoms with van der Waals surface area (Å²) in [5.74, 6) is 1.55. The lowest BCUT2D eigenvalue weighted by Crippen LogP contribution is -2.52. The van der Waals surface area contributed by atoms with Crippen LogP contribution in [0.3, 0.4) is 0 Å². The summed E-state index contributed by atoms with van der Waals surface area (Å²) in [5.41, 5.74) is 1.94. The van der Waals surface area contributed by atoms with E-state index in [1.54, 1.807) is 0 Å². The molecule has 21 heavy (non-hydrogen) atoms. The summed E-state index contributed by atoms with van der Waals surface area (Å²) in [6.07, 6.45) is 1.82. The lowest BCUT2D eigenvalue weighted by atomic mass is 10.0. The number of hydrogen-bond donors (Lipinski definition) is 1. The standard InChI is InChI=1S/C16H29N5/c1-12(2)15(21-8-6-20(5)7-9-21)11-18-16-14(4)17-10-13(3)19-16/h10,12,15H,6-9,11H2,1-5H3,(H,18,19). The highest BCUT2D eigenvalue weighted by atomic mass is 15.3. The molecule has 0 spiro atoms. The van der Waals surface area contributed by atoms with Crippen molar-refractivity contribution in [3.8, 4) is 0 Å². The zero-order valence-electron chi connectivity index (χ0n) is 14.1. The number of nitrogens with zero attached hydrogens (tertiary/aromatic N) is 4. The van der Waals surface area contributed by atoms with Gasteiger partial charge in [0.25, 0.3) is 0 Å². The van der Waals surface area contributed by atoms with Crippen molar-refractivity contribution in [3.63, 3.8) is 0 Å². The maximum absolute atomic E-state index is 4.56. The van der Waals surface area contributed by atoms with Crippen LogP contribution in [-0.4, -0.2) is 65.6 Å². The Balaban J connectivity index is 1.98. The normalized spacial score (nSPS) is 19.0. The number of anilines is 1. The first-order chi connectivity index (χ1) is 9.97. The van der Waals surface area contributed by atoms with Crippen LogP contribution in [0.25, 0.3) is 0 Å². The van der Waals surface area contributed by atoms with E-state index in [9.17, 15) is 0 Å². The second-order valence-electron chi connectivity index (χ2n) is 6.48. The second-order valence-corrected chi connectivity index (χ2v) is 6.48. The Morgan fingerprint density at radius 2 is 1.86 bits per heavy atom. The van der Waals surface area contributed by atoms with Gasteiger partial charge in [-0.3, -0.25) is 9.88 Å². The SMILES string of the molecule is Cc1cnc(C)c(NCC(C(C)C)N2CCN(C)CC2)n1. The molecule has 1 fully saturated rings. The Morgan fingerprint density at radius 3 is 2.48 bits per heavy atom. The van der Waals surface area contributed by atoms with Gasteiger partial charge in [0.1, 0.15) is 5.82 Å². The monoisotopic (exact) mass is 291 g/mol. The molecule has 1 unspecified atom stereocenters. The van der Waals surface area contributed by atoms with E-state index >= 15 is 0 Å². The van der Waals surface area contributed by atoms with Crippen molar-refractivity contribution in [3.05, 3.63) is 17.6 Å². The average molecular weight is 291 g/mol. The molecule has 0 aromatic carbocycles. The van der Waals surface area contributed by atoms with E-state index in [4.69, 9.17) is 0 Å². The Bertz CT molecular complexity index is 452. The van der Waals surface area contributed by atoms with Crippen LogP contribution in [0.2, 0.25) is 0 Å². The molecule has 1 saturated heterocycles. The first-order valence-corrected chi connectivity index (χ1v) is 7.94. The van der Waals surface area contributed by atoms with Crippen LogP contribution in [0, 0.1) is 19.8 Å². The van der Waals surface area contributed by atoms with E-state index in [0.29, 0.717) is 12.0 Å². The fourth-order valence-corrected chi connectivity index (χ4v) is 2.85. The van der Waals surface area contributed by atoms with Crippen molar-refractivity contribution in [2.75, 3.05) is 45.1 Å². The molecular weight excluding hydrogens is 262 g/mol. The van der Waals surface area contributed by atoms with Gasteiger partial charge in [-0.25, -0.2) is 4.98 Å². The topological polar surface area (TPSA) is 44.3 Å². The molecule has 0 amide bonds. The van der Waals surface area contributed by atoms with Gasteiger partial charge < -0.3 is 10.2 Å². The molecule has 0 aliphatic carbocycles. The van der Waals surface area contributed by atoms with Crippen molar-refractivity contribution in [2.45, 2.75) is 33.7 Å². The fraction of sp³-hybridized carbons (Fsp3) is 0.750. The lowest BCUT2D eigenvalue weighted by molar-refractivity contribution is 0.0944. The van der Waals surface area contributed by atoms with E-state index < -0.39 is 0 Å². The molecule has 5 heteroatoms. The van der Waals surface area contributed by atoms with Crippen molar-refractivity contribution in [2.24, 2.45) is 5.92 Å². The van der Waals surface area contributed by atoms with E-state index in [2.05, 4.69) is 46.0 Å². The average Bonchev–Trinajstić information content (AvgIpc) is 2.44. The Morgan fingerprint density at radius 1 is 1.19 bits per heavy atom. The highest BCUT2D eigenvalue weighted by Gasteiger charge is 2.25. The number of piperazine rings is 1. The van der Waals surface area contributed by atoms with Crippen LogP contribution in [0.5, 0.6) is 0 Å². The molecule has 1 aromatic heterocycles. The quantitative estimate of drug-likeness (QED) is 0.896. The number of aromatic nitrogens is 2. The molecule has 118 valence electrons. The van der Waals surface area contributed by atoms with E-state index in [1.807, 2.05) is 20.0 Å². The third kappa shape index (κ3) is 4.38. The van der Waals surface area contributed by atoms with Crippen molar-refractivity contribution in [1.82, 2.24) is 19.8 Å². The zero-order chi connectivity index (χ0) is 15.4. The molecular formula is C16H29N5. The Labute approximate surface area is 128 Å². The first-order valence-electron chi connectivity index (χ1n) is 7.94. The van der Waals surface area contributed by atoms with Gasteiger partial charge in [0.05, 0.1) is 11.4 Å². The Kier molecular flexibility index (Phi) is 5.53. The molecule has 1 aromatic rings. The highest BCUT2D eigenvalue weighted by Crippen LogP contribution is 2.16. The van der Waals surface area contributed by atoms with Gasteiger partial charge >= 0.3 is 0 Å². The molecule has 1 atom stereocenters. The molecule has 2 rings (SSSR count). The number of aryl methyl sites for hydroxylation is 2. The van der Waals surface area contributed by atoms with Crippen molar-refractivity contribution >= 4 is 5.82 Å². The fourth-order valence-electron chi connectivity index (χ4n) is 2.85. The number of hydrogen-bond acceptors (Lipinski definition) is 5. The first kappa shape index (κ1) is 16.2. The summed E-state index contributed by atoms with van der Waals surface area (Å²) >= 11 is 0. The molecule has 1 aliphatic rings. The van der Waals surface area contributed by atoms with Crippen LogP contribution in [0.1, 0.15) is 25.2 Å². The predicted molar refractivity (Wildman–Crippen MR) is 87.7 cm³/mol. The van der Waals surface area contributed by atoms with E-state index in [-0.39, 0.29) is 0 Å². The number of likely N-dealkylation sites (N-methyl/N-ethyl adjacent to an activating group) is 1. The highest BCUT2D eigenvalue weighted by molar-refractivity contribution is 5.39. The second kappa shape index (κ2) is 7.18. The van der Waals surface area contributed by atoms with Gasteiger partial charge in [-0.2, -0.15) is 0 Å². The van der Waals surface area contributed by atoms with E-state index in [0.717, 1.165) is 49.9 Å². The van der Waals surface area contributed by atoms with Crippen LogP contribution < -0.4 is 5.32 Å². The van der Waals surface area contributed by atoms with Gasteiger partial charge in [0.15, 0.2) is 0 Å². The van der Waals surface area contributed by atoms with Crippen LogP contribution in [0.15, 0.2) is 6.20 Å². The summed E-state index contributed by atoms with van der Waals surface area (Å²) < 4.78 is 0. The van der Waals surface area contributed by atoms with Crippen molar-refractivity contribution in [1.29, 1.82) is 0 Å². The summed E-state index contributed by atoms with van der Waals surface area (Å²) in [7, 11) is 2.20. The molecule has 2 heterocycles. The lowest BCUT2D eigenvalue weighted by Gasteiger charge is -2.40. The van der Waals surface area contributed by atoms with Gasteiger partial charge in [0, 0.05) is 45.0 Å². The van der Waals surface area contributed by atoms with Crippen molar-refractivity contribution < 1.29 is 0 Å². The largest absolute Gasteiger partial charge is 0.367 e. The molecule has 5 nitrogen and oxygen atoms in total. The van der Waals surface area contributed by atoms with E-state index in [1.165, 1.54) is 0 Å². The van der Waals surface area contributed by atoms with Gasteiger partial charge in [-0.15, -0.1) is 0 Å². The maximum atomic E-state index is 4.56. The van der Waals surface area contributed by atoms with Gasteiger partial charge in [-0.1, -0.05) is 13.8 Å².